The Balaban J connectivity index is 4.67. The molecule has 0 spiro atoms. The van der Waals surface area contributed by atoms with E-state index in [0.717, 1.165) is 89.9 Å². The first-order chi connectivity index (χ1) is 31.0. The molecule has 0 saturated heterocycles. The molecule has 0 aliphatic rings. The molecule has 0 amide bonds. The third-order valence-corrected chi connectivity index (χ3v) is 8.92. The van der Waals surface area contributed by atoms with E-state index < -0.39 is 6.10 Å². The SMILES string of the molecule is CC/C=C/C=C/C=C/C=C/C=C/CCCC(=O)OCC(COC(=O)CCC/C=C/C/C=C/C/C=C/C/C=C/C/C=C/CC)OC(=O)CCCCCCC/C=C/C=C/C=C/C=C/CC. The van der Waals surface area contributed by atoms with Crippen molar-refractivity contribution < 1.29 is 28.6 Å². The van der Waals surface area contributed by atoms with Crippen LogP contribution < -0.4 is 0 Å². The molecule has 0 bridgehead atoms. The highest BCUT2D eigenvalue weighted by atomic mass is 16.6. The molecule has 0 N–H and O–H groups in total. The molecule has 6 nitrogen and oxygen atoms in total. The number of ether oxygens (including phenoxy) is 3. The van der Waals surface area contributed by atoms with Gasteiger partial charge < -0.3 is 14.2 Å². The summed E-state index contributed by atoms with van der Waals surface area (Å²) in [6, 6.07) is 0. The zero-order valence-electron chi connectivity index (χ0n) is 39.2. The Morgan fingerprint density at radius 1 is 0.333 bits per heavy atom. The summed E-state index contributed by atoms with van der Waals surface area (Å²) in [4.78, 5) is 37.8. The predicted molar refractivity (Wildman–Crippen MR) is 269 cm³/mol. The molecule has 0 saturated carbocycles. The molecular weight excluding hydrogens is 781 g/mol. The van der Waals surface area contributed by atoms with E-state index in [4.69, 9.17) is 14.2 Å². The topological polar surface area (TPSA) is 78.9 Å². The van der Waals surface area contributed by atoms with E-state index in [9.17, 15) is 14.4 Å². The van der Waals surface area contributed by atoms with Crippen LogP contribution in [-0.2, 0) is 28.6 Å². The van der Waals surface area contributed by atoms with Crippen LogP contribution in [0.4, 0.5) is 0 Å². The second-order valence-corrected chi connectivity index (χ2v) is 14.7. The van der Waals surface area contributed by atoms with E-state index in [-0.39, 0.29) is 50.4 Å². The summed E-state index contributed by atoms with van der Waals surface area (Å²) in [5, 5.41) is 0. The number of unbranched alkanes of at least 4 members (excludes halogenated alkanes) is 7. The van der Waals surface area contributed by atoms with E-state index in [1.165, 1.54) is 0 Å². The molecule has 1 atom stereocenters. The molecule has 0 aliphatic heterocycles. The van der Waals surface area contributed by atoms with Gasteiger partial charge in [-0.15, -0.1) is 0 Å². The molecule has 6 heteroatoms. The van der Waals surface area contributed by atoms with E-state index in [1.54, 1.807) is 0 Å². The maximum absolute atomic E-state index is 12.8. The van der Waals surface area contributed by atoms with Gasteiger partial charge in [0.15, 0.2) is 6.10 Å². The Labute approximate surface area is 383 Å². The Morgan fingerprint density at radius 2 is 0.667 bits per heavy atom. The number of rotatable bonds is 39. The van der Waals surface area contributed by atoms with Crippen LogP contribution in [0.2, 0.25) is 0 Å². The standard InChI is InChI=1S/C57H82O6/c1-4-7-10-13-16-19-22-25-27-28-30-32-35-38-41-44-47-50-56(59)62-53-54(52-61-55(58)49-46-43-40-37-34-31-24-21-18-15-12-9-6-3)63-57(60)51-48-45-42-39-36-33-29-26-23-20-17-14-11-8-5-2/h7-12,14-21,23-27,29-32,34,37-38,40-41,54H,4-6,13,22,28,33,35-36,39,42-53H2,1-3H3/b10-7+,11-8+,12-9+,17-14+,18-15+,19-16+,23-20+,24-21+,27-25+,29-26+,32-30+,34-31+,40-37+,41-38+. The quantitative estimate of drug-likeness (QED) is 0.0201. The fourth-order valence-corrected chi connectivity index (χ4v) is 5.46. The Bertz CT molecular complexity index is 1550. The molecule has 0 heterocycles. The summed E-state index contributed by atoms with van der Waals surface area (Å²) in [5.74, 6) is -1.12. The summed E-state index contributed by atoms with van der Waals surface area (Å²) >= 11 is 0. The van der Waals surface area contributed by atoms with Crippen LogP contribution >= 0.6 is 0 Å². The number of carbonyl (C=O) groups excluding carboxylic acids is 3. The smallest absolute Gasteiger partial charge is 0.306 e. The first-order valence-electron chi connectivity index (χ1n) is 23.8. The molecule has 346 valence electrons. The molecule has 63 heavy (non-hydrogen) atoms. The Hall–Kier alpha value is -5.23. The van der Waals surface area contributed by atoms with Crippen molar-refractivity contribution in [1.82, 2.24) is 0 Å². The van der Waals surface area contributed by atoms with Crippen molar-refractivity contribution in [3.63, 3.8) is 0 Å². The molecule has 0 aromatic carbocycles. The predicted octanol–water partition coefficient (Wildman–Crippen LogP) is 15.6. The number of hydrogen-bond acceptors (Lipinski definition) is 6. The van der Waals surface area contributed by atoms with Crippen molar-refractivity contribution in [2.75, 3.05) is 13.2 Å². The molecule has 1 unspecified atom stereocenters. The number of carbonyl (C=O) groups is 3. The lowest BCUT2D eigenvalue weighted by Gasteiger charge is -2.18. The summed E-state index contributed by atoms with van der Waals surface area (Å²) < 4.78 is 16.6. The van der Waals surface area contributed by atoms with Crippen LogP contribution in [0.1, 0.15) is 149 Å². The van der Waals surface area contributed by atoms with Gasteiger partial charge in [0.1, 0.15) is 13.2 Å². The maximum atomic E-state index is 12.8. The third kappa shape index (κ3) is 47.7. The lowest BCUT2D eigenvalue weighted by molar-refractivity contribution is -0.167. The maximum Gasteiger partial charge on any atom is 0.306 e. The average Bonchev–Trinajstić information content (AvgIpc) is 3.28. The molecule has 0 aromatic heterocycles. The second-order valence-electron chi connectivity index (χ2n) is 14.7. The van der Waals surface area contributed by atoms with E-state index in [2.05, 4.69) is 106 Å². The largest absolute Gasteiger partial charge is 0.462 e. The molecule has 0 radical (unpaired) electrons. The zero-order valence-corrected chi connectivity index (χ0v) is 39.2. The monoisotopic (exact) mass is 863 g/mol. The third-order valence-electron chi connectivity index (χ3n) is 8.92. The van der Waals surface area contributed by atoms with Crippen molar-refractivity contribution in [3.8, 4) is 0 Å². The molecular formula is C57H82O6. The minimum Gasteiger partial charge on any atom is -0.462 e. The van der Waals surface area contributed by atoms with Crippen LogP contribution in [0, 0.1) is 0 Å². The van der Waals surface area contributed by atoms with Gasteiger partial charge in [-0.1, -0.05) is 210 Å². The van der Waals surface area contributed by atoms with Gasteiger partial charge in [0.25, 0.3) is 0 Å². The lowest BCUT2D eigenvalue weighted by atomic mass is 10.1. The van der Waals surface area contributed by atoms with Gasteiger partial charge in [-0.25, -0.2) is 0 Å². The highest BCUT2D eigenvalue weighted by Crippen LogP contribution is 2.11. The summed E-state index contributed by atoms with van der Waals surface area (Å²) in [5.41, 5.74) is 0. The van der Waals surface area contributed by atoms with Gasteiger partial charge in [-0.3, -0.25) is 14.4 Å². The van der Waals surface area contributed by atoms with Crippen molar-refractivity contribution in [2.24, 2.45) is 0 Å². The van der Waals surface area contributed by atoms with Gasteiger partial charge in [0, 0.05) is 19.3 Å². The van der Waals surface area contributed by atoms with E-state index in [0.29, 0.717) is 19.3 Å². The first kappa shape index (κ1) is 57.8. The summed E-state index contributed by atoms with van der Waals surface area (Å²) in [6.07, 6.45) is 73.4. The van der Waals surface area contributed by atoms with E-state index >= 15 is 0 Å². The molecule has 0 aromatic rings. The van der Waals surface area contributed by atoms with Crippen molar-refractivity contribution in [3.05, 3.63) is 170 Å². The van der Waals surface area contributed by atoms with Gasteiger partial charge in [0.05, 0.1) is 0 Å². The molecule has 0 rings (SSSR count). The molecule has 0 fully saturated rings. The van der Waals surface area contributed by atoms with Gasteiger partial charge in [0.2, 0.25) is 0 Å². The zero-order chi connectivity index (χ0) is 45.8. The van der Waals surface area contributed by atoms with Crippen LogP contribution in [0.3, 0.4) is 0 Å². The highest BCUT2D eigenvalue weighted by Gasteiger charge is 2.19. The normalized spacial score (nSPS) is 13.6. The first-order valence-corrected chi connectivity index (χ1v) is 23.8. The summed E-state index contributed by atoms with van der Waals surface area (Å²) in [7, 11) is 0. The fraction of sp³-hybridized carbons (Fsp3) is 0.456. The fourth-order valence-electron chi connectivity index (χ4n) is 5.46. The van der Waals surface area contributed by atoms with Crippen LogP contribution in [0.25, 0.3) is 0 Å². The van der Waals surface area contributed by atoms with Gasteiger partial charge in [-0.05, 0) is 89.9 Å². The lowest BCUT2D eigenvalue weighted by Crippen LogP contribution is -2.30. The Morgan fingerprint density at radius 3 is 1.13 bits per heavy atom. The second kappa shape index (κ2) is 49.4. The van der Waals surface area contributed by atoms with Crippen molar-refractivity contribution >= 4 is 17.9 Å². The minimum absolute atomic E-state index is 0.150. The van der Waals surface area contributed by atoms with Gasteiger partial charge in [-0.2, -0.15) is 0 Å². The number of esters is 3. The molecule has 0 aliphatic carbocycles. The number of allylic oxidation sites excluding steroid dienone is 28. The van der Waals surface area contributed by atoms with Crippen LogP contribution in [0.5, 0.6) is 0 Å². The Kier molecular flexibility index (Phi) is 45.3. The van der Waals surface area contributed by atoms with Crippen LogP contribution in [0.15, 0.2) is 170 Å². The highest BCUT2D eigenvalue weighted by molar-refractivity contribution is 5.71. The van der Waals surface area contributed by atoms with Crippen molar-refractivity contribution in [1.29, 1.82) is 0 Å². The summed E-state index contributed by atoms with van der Waals surface area (Å²) in [6.45, 7) is 6.06. The van der Waals surface area contributed by atoms with E-state index in [1.807, 2.05) is 85.1 Å². The average molecular weight is 863 g/mol. The van der Waals surface area contributed by atoms with Crippen molar-refractivity contribution in [2.45, 2.75) is 155 Å². The van der Waals surface area contributed by atoms with Gasteiger partial charge >= 0.3 is 17.9 Å². The number of hydrogen-bond donors (Lipinski definition) is 0. The minimum atomic E-state index is -0.851. The van der Waals surface area contributed by atoms with Crippen LogP contribution in [-0.4, -0.2) is 37.2 Å².